The van der Waals surface area contributed by atoms with E-state index in [0.29, 0.717) is 5.92 Å². The van der Waals surface area contributed by atoms with Gasteiger partial charge < -0.3 is 4.90 Å². The van der Waals surface area contributed by atoms with Gasteiger partial charge in [-0.1, -0.05) is 42.0 Å². The highest BCUT2D eigenvalue weighted by atomic mass is 15.1. The lowest BCUT2D eigenvalue weighted by molar-refractivity contribution is 0.798. The smallest absolute Gasteiger partial charge is 0.0408 e. The quantitative estimate of drug-likeness (QED) is 0.702. The van der Waals surface area contributed by atoms with Gasteiger partial charge in [-0.2, -0.15) is 0 Å². The molecule has 0 aromatic heterocycles. The molecule has 0 N–H and O–H groups in total. The van der Waals surface area contributed by atoms with Gasteiger partial charge in [-0.15, -0.1) is 0 Å². The number of allylic oxidation sites excluding steroid dienone is 1. The molecule has 0 saturated heterocycles. The molecule has 0 amide bonds. The van der Waals surface area contributed by atoms with E-state index in [2.05, 4.69) is 62.6 Å². The minimum absolute atomic E-state index is 0.497. The molecule has 1 aliphatic rings. The van der Waals surface area contributed by atoms with Gasteiger partial charge in [0.25, 0.3) is 0 Å². The van der Waals surface area contributed by atoms with E-state index in [0.717, 1.165) is 13.1 Å². The molecule has 1 aromatic carbocycles. The molecule has 0 aliphatic carbocycles. The summed E-state index contributed by atoms with van der Waals surface area (Å²) in [5, 5.41) is 0. The number of hydrogen-bond acceptors (Lipinski definition) is 1. The minimum Gasteiger partial charge on any atom is -0.367 e. The summed E-state index contributed by atoms with van der Waals surface area (Å²) in [5.74, 6) is 0.497. The molecule has 1 heteroatoms. The molecule has 0 spiro atoms. The highest BCUT2D eigenvalue weighted by Gasteiger charge is 2.27. The molecule has 1 heterocycles. The zero-order chi connectivity index (χ0) is 12.4. The van der Waals surface area contributed by atoms with E-state index >= 15 is 0 Å². The van der Waals surface area contributed by atoms with E-state index in [4.69, 9.17) is 0 Å². The molecule has 1 atom stereocenters. The van der Waals surface area contributed by atoms with Gasteiger partial charge in [0.15, 0.2) is 0 Å². The fourth-order valence-corrected chi connectivity index (χ4v) is 2.37. The predicted molar refractivity (Wildman–Crippen MR) is 75.6 cm³/mol. The van der Waals surface area contributed by atoms with Crippen LogP contribution in [0.3, 0.4) is 0 Å². The van der Waals surface area contributed by atoms with Crippen LogP contribution in [0.4, 0.5) is 5.69 Å². The van der Waals surface area contributed by atoms with Gasteiger partial charge in [0.1, 0.15) is 0 Å². The Balaban J connectivity index is 2.28. The molecular formula is C16H21N. The SMILES string of the molecule is C=C(C)C1CN(CC=C(C)C)c2ccccc21. The summed E-state index contributed by atoms with van der Waals surface area (Å²) in [6.45, 7) is 12.6. The van der Waals surface area contributed by atoms with Gasteiger partial charge in [-0.25, -0.2) is 0 Å². The van der Waals surface area contributed by atoms with Crippen LogP contribution in [-0.4, -0.2) is 13.1 Å². The third kappa shape index (κ3) is 2.44. The molecule has 0 saturated carbocycles. The largest absolute Gasteiger partial charge is 0.367 e. The maximum absolute atomic E-state index is 4.12. The number of nitrogens with zero attached hydrogens (tertiary/aromatic N) is 1. The summed E-state index contributed by atoms with van der Waals surface area (Å²) >= 11 is 0. The van der Waals surface area contributed by atoms with Crippen molar-refractivity contribution in [2.45, 2.75) is 26.7 Å². The Morgan fingerprint density at radius 3 is 2.71 bits per heavy atom. The molecule has 0 bridgehead atoms. The van der Waals surface area contributed by atoms with Crippen molar-refractivity contribution in [3.05, 3.63) is 53.6 Å². The summed E-state index contributed by atoms with van der Waals surface area (Å²) in [4.78, 5) is 2.45. The first kappa shape index (κ1) is 12.0. The third-order valence-corrected chi connectivity index (χ3v) is 3.37. The Morgan fingerprint density at radius 1 is 1.35 bits per heavy atom. The molecule has 90 valence electrons. The van der Waals surface area contributed by atoms with Crippen LogP contribution in [0.2, 0.25) is 0 Å². The predicted octanol–water partition coefficient (Wildman–Crippen LogP) is 4.13. The van der Waals surface area contributed by atoms with E-state index in [1.54, 1.807) is 0 Å². The van der Waals surface area contributed by atoms with Crippen LogP contribution >= 0.6 is 0 Å². The topological polar surface area (TPSA) is 3.24 Å². The van der Waals surface area contributed by atoms with Gasteiger partial charge >= 0.3 is 0 Å². The summed E-state index contributed by atoms with van der Waals surface area (Å²) in [5.41, 5.74) is 5.44. The minimum atomic E-state index is 0.497. The number of anilines is 1. The van der Waals surface area contributed by atoms with E-state index in [9.17, 15) is 0 Å². The van der Waals surface area contributed by atoms with Crippen molar-refractivity contribution in [1.82, 2.24) is 0 Å². The monoisotopic (exact) mass is 227 g/mol. The second-order valence-corrected chi connectivity index (χ2v) is 5.14. The highest BCUT2D eigenvalue weighted by molar-refractivity contribution is 5.62. The lowest BCUT2D eigenvalue weighted by Gasteiger charge is -2.18. The van der Waals surface area contributed by atoms with Crippen LogP contribution in [0.5, 0.6) is 0 Å². The second-order valence-electron chi connectivity index (χ2n) is 5.14. The standard InChI is InChI=1S/C16H21N/c1-12(2)9-10-17-11-15(13(3)4)14-7-5-6-8-16(14)17/h5-9,15H,3,10-11H2,1-2,4H3. The zero-order valence-electron chi connectivity index (χ0n) is 11.0. The van der Waals surface area contributed by atoms with E-state index < -0.39 is 0 Å². The molecule has 17 heavy (non-hydrogen) atoms. The fraction of sp³-hybridized carbons (Fsp3) is 0.375. The van der Waals surface area contributed by atoms with Crippen LogP contribution in [-0.2, 0) is 0 Å². The summed E-state index contributed by atoms with van der Waals surface area (Å²) in [7, 11) is 0. The first-order chi connectivity index (χ1) is 8.09. The van der Waals surface area contributed by atoms with Gasteiger partial charge in [-0.05, 0) is 32.4 Å². The van der Waals surface area contributed by atoms with Crippen LogP contribution < -0.4 is 4.90 Å². The van der Waals surface area contributed by atoms with Gasteiger partial charge in [0.05, 0.1) is 0 Å². The molecule has 0 fully saturated rings. The van der Waals surface area contributed by atoms with Crippen molar-refractivity contribution in [3.63, 3.8) is 0 Å². The van der Waals surface area contributed by atoms with E-state index in [1.165, 1.54) is 22.4 Å². The molecule has 1 unspecified atom stereocenters. The number of rotatable bonds is 3. The molecule has 1 aliphatic heterocycles. The van der Waals surface area contributed by atoms with E-state index in [-0.39, 0.29) is 0 Å². The summed E-state index contributed by atoms with van der Waals surface area (Å²) in [6.07, 6.45) is 2.29. The van der Waals surface area contributed by atoms with Crippen molar-refractivity contribution < 1.29 is 0 Å². The van der Waals surface area contributed by atoms with Crippen molar-refractivity contribution >= 4 is 5.69 Å². The van der Waals surface area contributed by atoms with Crippen molar-refractivity contribution in [3.8, 4) is 0 Å². The normalized spacial score (nSPS) is 17.8. The number of para-hydroxylation sites is 1. The number of fused-ring (bicyclic) bond motifs is 1. The molecule has 1 aromatic rings. The average Bonchev–Trinajstić information content (AvgIpc) is 2.65. The first-order valence-corrected chi connectivity index (χ1v) is 6.22. The van der Waals surface area contributed by atoms with Crippen LogP contribution in [0.25, 0.3) is 0 Å². The number of benzene rings is 1. The average molecular weight is 227 g/mol. The van der Waals surface area contributed by atoms with Crippen molar-refractivity contribution in [2.24, 2.45) is 0 Å². The lowest BCUT2D eigenvalue weighted by Crippen LogP contribution is -2.22. The maximum atomic E-state index is 4.12. The lowest BCUT2D eigenvalue weighted by atomic mass is 9.95. The Bertz CT molecular complexity index is 452. The highest BCUT2D eigenvalue weighted by Crippen LogP contribution is 2.39. The second kappa shape index (κ2) is 4.79. The van der Waals surface area contributed by atoms with Crippen LogP contribution in [0.15, 0.2) is 48.1 Å². The Hall–Kier alpha value is -1.50. The third-order valence-electron chi connectivity index (χ3n) is 3.37. The van der Waals surface area contributed by atoms with Crippen molar-refractivity contribution in [1.29, 1.82) is 0 Å². The Labute approximate surface area is 104 Å². The van der Waals surface area contributed by atoms with Gasteiger partial charge in [0.2, 0.25) is 0 Å². The van der Waals surface area contributed by atoms with Crippen LogP contribution in [0.1, 0.15) is 32.3 Å². The molecule has 1 nitrogen and oxygen atoms in total. The van der Waals surface area contributed by atoms with Gasteiger partial charge in [0, 0.05) is 24.7 Å². The summed E-state index contributed by atoms with van der Waals surface area (Å²) in [6, 6.07) is 8.70. The molecular weight excluding hydrogens is 206 g/mol. The molecule has 2 rings (SSSR count). The van der Waals surface area contributed by atoms with Crippen molar-refractivity contribution in [2.75, 3.05) is 18.0 Å². The maximum Gasteiger partial charge on any atom is 0.0408 e. The first-order valence-electron chi connectivity index (χ1n) is 6.22. The zero-order valence-corrected chi connectivity index (χ0v) is 11.0. The van der Waals surface area contributed by atoms with E-state index in [1.807, 2.05) is 0 Å². The molecule has 0 radical (unpaired) electrons. The fourth-order valence-electron chi connectivity index (χ4n) is 2.37. The van der Waals surface area contributed by atoms with Crippen LogP contribution in [0, 0.1) is 0 Å². The Morgan fingerprint density at radius 2 is 2.06 bits per heavy atom. The summed E-state index contributed by atoms with van der Waals surface area (Å²) < 4.78 is 0. The Kier molecular flexibility index (Phi) is 3.37. The number of hydrogen-bond donors (Lipinski definition) is 0. The van der Waals surface area contributed by atoms with Gasteiger partial charge in [-0.3, -0.25) is 0 Å².